The monoisotopic (exact) mass is 338 g/mol. The highest BCUT2D eigenvalue weighted by atomic mass is 16.2. The minimum absolute atomic E-state index is 0.101. The first-order valence-corrected chi connectivity index (χ1v) is 8.46. The number of carbonyl (C=O) groups is 2. The topological polar surface area (TPSA) is 73.5 Å². The van der Waals surface area contributed by atoms with Crippen molar-refractivity contribution < 1.29 is 9.59 Å². The highest BCUT2D eigenvalue weighted by Gasteiger charge is 2.19. The largest absolute Gasteiger partial charge is 0.338 e. The van der Waals surface area contributed by atoms with Crippen LogP contribution < -0.4 is 20.9 Å². The van der Waals surface area contributed by atoms with E-state index in [2.05, 4.69) is 16.0 Å². The highest BCUT2D eigenvalue weighted by molar-refractivity contribution is 5.94. The molecule has 4 amide bonds. The number of urea groups is 2. The molecule has 0 atom stereocenters. The van der Waals surface area contributed by atoms with E-state index in [0.717, 1.165) is 18.5 Å². The molecule has 130 valence electrons. The van der Waals surface area contributed by atoms with Gasteiger partial charge in [0, 0.05) is 31.0 Å². The molecular weight excluding hydrogens is 316 g/mol. The summed E-state index contributed by atoms with van der Waals surface area (Å²) in [6, 6.07) is 17.0. The summed E-state index contributed by atoms with van der Waals surface area (Å²) in [5.41, 5.74) is 2.62. The number of rotatable bonds is 5. The Morgan fingerprint density at radius 2 is 1.96 bits per heavy atom. The van der Waals surface area contributed by atoms with Crippen LogP contribution in [-0.4, -0.2) is 31.7 Å². The van der Waals surface area contributed by atoms with Gasteiger partial charge in [0.05, 0.1) is 0 Å². The minimum Gasteiger partial charge on any atom is -0.338 e. The number of hydrogen-bond acceptors (Lipinski definition) is 2. The van der Waals surface area contributed by atoms with Crippen LogP contribution in [0.15, 0.2) is 54.6 Å². The number of benzene rings is 2. The number of amides is 4. The predicted molar refractivity (Wildman–Crippen MR) is 99.0 cm³/mol. The fourth-order valence-corrected chi connectivity index (χ4v) is 2.77. The first kappa shape index (κ1) is 16.8. The number of anilines is 2. The van der Waals surface area contributed by atoms with Gasteiger partial charge < -0.3 is 16.0 Å². The van der Waals surface area contributed by atoms with E-state index in [1.807, 2.05) is 54.6 Å². The molecule has 6 nitrogen and oxygen atoms in total. The molecule has 1 aliphatic heterocycles. The molecule has 1 heterocycles. The molecule has 25 heavy (non-hydrogen) atoms. The highest BCUT2D eigenvalue weighted by Crippen LogP contribution is 2.21. The van der Waals surface area contributed by atoms with E-state index in [0.29, 0.717) is 25.3 Å². The molecule has 0 saturated carbocycles. The van der Waals surface area contributed by atoms with Gasteiger partial charge in [-0.25, -0.2) is 9.59 Å². The molecule has 0 aliphatic carbocycles. The summed E-state index contributed by atoms with van der Waals surface area (Å²) >= 11 is 0. The van der Waals surface area contributed by atoms with Crippen LogP contribution in [0.4, 0.5) is 21.0 Å². The van der Waals surface area contributed by atoms with E-state index >= 15 is 0 Å². The zero-order chi connectivity index (χ0) is 17.5. The van der Waals surface area contributed by atoms with E-state index in [4.69, 9.17) is 0 Å². The summed E-state index contributed by atoms with van der Waals surface area (Å²) in [7, 11) is 0. The third kappa shape index (κ3) is 4.73. The zero-order valence-electron chi connectivity index (χ0n) is 14.0. The van der Waals surface area contributed by atoms with E-state index < -0.39 is 0 Å². The molecule has 1 fully saturated rings. The number of carbonyl (C=O) groups excluding carboxylic acids is 2. The lowest BCUT2D eigenvalue weighted by atomic mass is 10.1. The van der Waals surface area contributed by atoms with Gasteiger partial charge in [0.25, 0.3) is 0 Å². The lowest BCUT2D eigenvalue weighted by Crippen LogP contribution is -2.46. The average molecular weight is 338 g/mol. The molecule has 0 aromatic heterocycles. The standard InChI is InChI=1S/C19H22N4O2/c24-18(20-12-10-15-6-2-1-3-7-15)22-16-8-4-9-17(14-16)23-13-5-11-21-19(23)25/h1-4,6-9,14H,5,10-13H2,(H,21,25)(H2,20,22,24). The van der Waals surface area contributed by atoms with E-state index in [9.17, 15) is 9.59 Å². The predicted octanol–water partition coefficient (Wildman–Crippen LogP) is 2.97. The van der Waals surface area contributed by atoms with Gasteiger partial charge in [-0.15, -0.1) is 0 Å². The molecule has 6 heteroatoms. The quantitative estimate of drug-likeness (QED) is 0.784. The smallest absolute Gasteiger partial charge is 0.321 e. The maximum Gasteiger partial charge on any atom is 0.321 e. The van der Waals surface area contributed by atoms with Crippen molar-refractivity contribution in [2.45, 2.75) is 12.8 Å². The molecule has 3 rings (SSSR count). The number of nitrogens with one attached hydrogen (secondary N) is 3. The Labute approximate surface area is 147 Å². The molecule has 1 saturated heterocycles. The lowest BCUT2D eigenvalue weighted by Gasteiger charge is -2.27. The maximum atomic E-state index is 12.0. The Kier molecular flexibility index (Phi) is 5.51. The van der Waals surface area contributed by atoms with Gasteiger partial charge in [-0.05, 0) is 36.6 Å². The van der Waals surface area contributed by atoms with Gasteiger partial charge >= 0.3 is 12.1 Å². The van der Waals surface area contributed by atoms with Crippen LogP contribution in [0.25, 0.3) is 0 Å². The molecule has 2 aromatic carbocycles. The van der Waals surface area contributed by atoms with Gasteiger partial charge in [0.1, 0.15) is 0 Å². The van der Waals surface area contributed by atoms with Crippen LogP contribution in [-0.2, 0) is 6.42 Å². The van der Waals surface area contributed by atoms with Crippen molar-refractivity contribution in [3.8, 4) is 0 Å². The van der Waals surface area contributed by atoms with E-state index in [1.165, 1.54) is 5.56 Å². The molecular formula is C19H22N4O2. The Hall–Kier alpha value is -3.02. The third-order valence-corrected chi connectivity index (χ3v) is 4.04. The molecule has 1 aliphatic rings. The summed E-state index contributed by atoms with van der Waals surface area (Å²) in [6.45, 7) is 1.94. The first-order chi connectivity index (χ1) is 12.2. The average Bonchev–Trinajstić information content (AvgIpc) is 2.63. The first-order valence-electron chi connectivity index (χ1n) is 8.46. The lowest BCUT2D eigenvalue weighted by molar-refractivity contribution is 0.243. The van der Waals surface area contributed by atoms with Crippen molar-refractivity contribution in [3.05, 3.63) is 60.2 Å². The van der Waals surface area contributed by atoms with Crippen LogP contribution in [0.1, 0.15) is 12.0 Å². The maximum absolute atomic E-state index is 12.0. The minimum atomic E-state index is -0.254. The molecule has 0 radical (unpaired) electrons. The SMILES string of the molecule is O=C(NCCc1ccccc1)Nc1cccc(N2CCCNC2=O)c1. The summed E-state index contributed by atoms with van der Waals surface area (Å²) in [4.78, 5) is 25.6. The normalized spacial score (nSPS) is 13.9. The van der Waals surface area contributed by atoms with Crippen molar-refractivity contribution in [1.82, 2.24) is 10.6 Å². The van der Waals surface area contributed by atoms with Gasteiger partial charge in [0.2, 0.25) is 0 Å². The Morgan fingerprint density at radius 3 is 2.76 bits per heavy atom. The summed E-state index contributed by atoms with van der Waals surface area (Å²) in [6.07, 6.45) is 1.69. The molecule has 2 aromatic rings. The Balaban J connectivity index is 1.52. The Bertz CT molecular complexity index is 733. The van der Waals surface area contributed by atoms with Gasteiger partial charge in [-0.2, -0.15) is 0 Å². The van der Waals surface area contributed by atoms with Gasteiger partial charge in [-0.1, -0.05) is 36.4 Å². The second kappa shape index (κ2) is 8.19. The molecule has 0 unspecified atom stereocenters. The zero-order valence-corrected chi connectivity index (χ0v) is 14.0. The van der Waals surface area contributed by atoms with Crippen molar-refractivity contribution in [3.63, 3.8) is 0 Å². The van der Waals surface area contributed by atoms with Crippen molar-refractivity contribution >= 4 is 23.4 Å². The summed E-state index contributed by atoms with van der Waals surface area (Å²) < 4.78 is 0. The van der Waals surface area contributed by atoms with Crippen LogP contribution in [0.3, 0.4) is 0 Å². The van der Waals surface area contributed by atoms with Gasteiger partial charge in [-0.3, -0.25) is 4.90 Å². The van der Waals surface area contributed by atoms with Crippen LogP contribution in [0, 0.1) is 0 Å². The summed E-state index contributed by atoms with van der Waals surface area (Å²) in [5, 5.41) is 8.48. The number of hydrogen-bond donors (Lipinski definition) is 3. The summed E-state index contributed by atoms with van der Waals surface area (Å²) in [5.74, 6) is 0. The van der Waals surface area contributed by atoms with Crippen LogP contribution >= 0.6 is 0 Å². The van der Waals surface area contributed by atoms with E-state index in [1.54, 1.807) is 4.90 Å². The van der Waals surface area contributed by atoms with Crippen LogP contribution in [0.5, 0.6) is 0 Å². The second-order valence-corrected chi connectivity index (χ2v) is 5.90. The third-order valence-electron chi connectivity index (χ3n) is 4.04. The van der Waals surface area contributed by atoms with E-state index in [-0.39, 0.29) is 12.1 Å². The molecule has 0 bridgehead atoms. The fraction of sp³-hybridized carbons (Fsp3) is 0.263. The fourth-order valence-electron chi connectivity index (χ4n) is 2.77. The van der Waals surface area contributed by atoms with Crippen molar-refractivity contribution in [1.29, 1.82) is 0 Å². The second-order valence-electron chi connectivity index (χ2n) is 5.90. The van der Waals surface area contributed by atoms with Crippen molar-refractivity contribution in [2.75, 3.05) is 29.9 Å². The number of nitrogens with zero attached hydrogens (tertiary/aromatic N) is 1. The Morgan fingerprint density at radius 1 is 1.12 bits per heavy atom. The van der Waals surface area contributed by atoms with Crippen LogP contribution in [0.2, 0.25) is 0 Å². The van der Waals surface area contributed by atoms with Crippen molar-refractivity contribution in [2.24, 2.45) is 0 Å². The van der Waals surface area contributed by atoms with Gasteiger partial charge in [0.15, 0.2) is 0 Å². The molecule has 0 spiro atoms. The molecule has 3 N–H and O–H groups in total.